The van der Waals surface area contributed by atoms with E-state index in [0.29, 0.717) is 5.56 Å². The maximum absolute atomic E-state index is 13.3. The van der Waals surface area contributed by atoms with Crippen molar-refractivity contribution in [2.75, 3.05) is 0 Å². The monoisotopic (exact) mass is 225 g/mol. The molecule has 4 heteroatoms. The van der Waals surface area contributed by atoms with Crippen LogP contribution in [0.25, 0.3) is 0 Å². The third kappa shape index (κ3) is 3.31. The largest absolute Gasteiger partial charge is 0.480 e. The van der Waals surface area contributed by atoms with Crippen molar-refractivity contribution in [1.82, 2.24) is 5.32 Å². The standard InChI is InChI=1S/C12H16FNO2/c1-8(2)11(12(15)16)14-7-9-5-3-4-6-10(9)13/h3-6,8,11,14H,7H2,1-2H3,(H,15,16)/t11-/m0/s1. The van der Waals surface area contributed by atoms with Crippen LogP contribution in [0.2, 0.25) is 0 Å². The summed E-state index contributed by atoms with van der Waals surface area (Å²) in [6.45, 7) is 3.85. The van der Waals surface area contributed by atoms with Crippen LogP contribution >= 0.6 is 0 Å². The van der Waals surface area contributed by atoms with Gasteiger partial charge in [-0.3, -0.25) is 10.1 Å². The molecule has 1 rings (SSSR count). The highest BCUT2D eigenvalue weighted by Crippen LogP contribution is 2.08. The Bertz CT molecular complexity index is 366. The smallest absolute Gasteiger partial charge is 0.320 e. The maximum atomic E-state index is 13.3. The van der Waals surface area contributed by atoms with Gasteiger partial charge in [-0.1, -0.05) is 32.0 Å². The molecule has 0 heterocycles. The predicted molar refractivity (Wildman–Crippen MR) is 59.5 cm³/mol. The summed E-state index contributed by atoms with van der Waals surface area (Å²) in [4.78, 5) is 10.9. The van der Waals surface area contributed by atoms with Gasteiger partial charge >= 0.3 is 5.97 Å². The minimum atomic E-state index is -0.911. The molecule has 16 heavy (non-hydrogen) atoms. The third-order valence-electron chi connectivity index (χ3n) is 2.40. The van der Waals surface area contributed by atoms with E-state index in [4.69, 9.17) is 5.11 Å². The zero-order valence-corrected chi connectivity index (χ0v) is 9.40. The topological polar surface area (TPSA) is 49.3 Å². The normalized spacial score (nSPS) is 12.8. The highest BCUT2D eigenvalue weighted by molar-refractivity contribution is 5.73. The molecule has 0 aliphatic heterocycles. The van der Waals surface area contributed by atoms with Crippen molar-refractivity contribution < 1.29 is 14.3 Å². The van der Waals surface area contributed by atoms with Gasteiger partial charge in [-0.05, 0) is 12.0 Å². The fourth-order valence-corrected chi connectivity index (χ4v) is 1.47. The summed E-state index contributed by atoms with van der Waals surface area (Å²) in [5, 5.41) is 11.8. The van der Waals surface area contributed by atoms with Gasteiger partial charge in [0.05, 0.1) is 0 Å². The van der Waals surface area contributed by atoms with Crippen LogP contribution in [0, 0.1) is 11.7 Å². The van der Waals surface area contributed by atoms with Crippen LogP contribution in [0.15, 0.2) is 24.3 Å². The van der Waals surface area contributed by atoms with Crippen LogP contribution in [0.1, 0.15) is 19.4 Å². The third-order valence-corrected chi connectivity index (χ3v) is 2.40. The van der Waals surface area contributed by atoms with E-state index in [9.17, 15) is 9.18 Å². The highest BCUT2D eigenvalue weighted by Gasteiger charge is 2.20. The molecule has 0 bridgehead atoms. The van der Waals surface area contributed by atoms with Gasteiger partial charge in [-0.25, -0.2) is 4.39 Å². The summed E-state index contributed by atoms with van der Waals surface area (Å²) in [7, 11) is 0. The molecular formula is C12H16FNO2. The highest BCUT2D eigenvalue weighted by atomic mass is 19.1. The van der Waals surface area contributed by atoms with Gasteiger partial charge in [0.15, 0.2) is 0 Å². The number of hydrogen-bond donors (Lipinski definition) is 2. The van der Waals surface area contributed by atoms with Gasteiger partial charge in [-0.2, -0.15) is 0 Å². The quantitative estimate of drug-likeness (QED) is 0.806. The molecule has 0 spiro atoms. The molecule has 3 nitrogen and oxygen atoms in total. The van der Waals surface area contributed by atoms with Gasteiger partial charge in [0.1, 0.15) is 11.9 Å². The summed E-state index contributed by atoms with van der Waals surface area (Å²) >= 11 is 0. The first kappa shape index (κ1) is 12.6. The fourth-order valence-electron chi connectivity index (χ4n) is 1.47. The first-order chi connectivity index (χ1) is 7.52. The first-order valence-corrected chi connectivity index (χ1v) is 5.22. The van der Waals surface area contributed by atoms with Gasteiger partial charge in [0.25, 0.3) is 0 Å². The number of carbonyl (C=O) groups is 1. The fraction of sp³-hybridized carbons (Fsp3) is 0.417. The molecular weight excluding hydrogens is 209 g/mol. The Morgan fingerprint density at radius 2 is 2.06 bits per heavy atom. The number of benzene rings is 1. The lowest BCUT2D eigenvalue weighted by atomic mass is 10.0. The molecule has 1 aromatic rings. The summed E-state index contributed by atoms with van der Waals surface area (Å²) in [6, 6.07) is 5.69. The second kappa shape index (κ2) is 5.61. The molecule has 0 saturated heterocycles. The number of aliphatic carboxylic acids is 1. The molecule has 1 aromatic carbocycles. The predicted octanol–water partition coefficient (Wildman–Crippen LogP) is 2.02. The number of halogens is 1. The van der Waals surface area contributed by atoms with Crippen molar-refractivity contribution in [3.8, 4) is 0 Å². The van der Waals surface area contributed by atoms with Crippen molar-refractivity contribution in [3.63, 3.8) is 0 Å². The number of nitrogens with one attached hydrogen (secondary N) is 1. The Balaban J connectivity index is 2.63. The van der Waals surface area contributed by atoms with Crippen LogP contribution in [-0.2, 0) is 11.3 Å². The van der Waals surface area contributed by atoms with E-state index in [1.807, 2.05) is 13.8 Å². The molecule has 0 unspecified atom stereocenters. The number of carboxylic acid groups (broad SMARTS) is 1. The van der Waals surface area contributed by atoms with Crippen LogP contribution in [0.3, 0.4) is 0 Å². The Morgan fingerprint density at radius 3 is 2.56 bits per heavy atom. The Hall–Kier alpha value is -1.42. The molecule has 0 aliphatic rings. The van der Waals surface area contributed by atoms with Gasteiger partial charge in [-0.15, -0.1) is 0 Å². The van der Waals surface area contributed by atoms with Crippen molar-refractivity contribution in [1.29, 1.82) is 0 Å². The molecule has 0 saturated carbocycles. The van der Waals surface area contributed by atoms with Gasteiger partial charge in [0.2, 0.25) is 0 Å². The molecule has 2 N–H and O–H groups in total. The van der Waals surface area contributed by atoms with Crippen molar-refractivity contribution in [3.05, 3.63) is 35.6 Å². The molecule has 1 atom stereocenters. The molecule has 0 amide bonds. The van der Waals surface area contributed by atoms with Gasteiger partial charge < -0.3 is 5.11 Å². The van der Waals surface area contributed by atoms with E-state index in [0.717, 1.165) is 0 Å². The lowest BCUT2D eigenvalue weighted by molar-refractivity contribution is -0.140. The SMILES string of the molecule is CC(C)[C@H](NCc1ccccc1F)C(=O)O. The minimum absolute atomic E-state index is 0.0377. The van der Waals surface area contributed by atoms with Crippen LogP contribution in [0.5, 0.6) is 0 Å². The maximum Gasteiger partial charge on any atom is 0.320 e. The lowest BCUT2D eigenvalue weighted by Gasteiger charge is -2.18. The number of rotatable bonds is 5. The lowest BCUT2D eigenvalue weighted by Crippen LogP contribution is -2.40. The molecule has 0 fully saturated rings. The molecule has 0 aliphatic carbocycles. The van der Waals surface area contributed by atoms with Crippen molar-refractivity contribution in [2.24, 2.45) is 5.92 Å². The average molecular weight is 225 g/mol. The van der Waals surface area contributed by atoms with Crippen LogP contribution in [-0.4, -0.2) is 17.1 Å². The van der Waals surface area contributed by atoms with E-state index in [1.54, 1.807) is 18.2 Å². The molecule has 88 valence electrons. The molecule has 0 radical (unpaired) electrons. The first-order valence-electron chi connectivity index (χ1n) is 5.22. The summed E-state index contributed by atoms with van der Waals surface area (Å²) < 4.78 is 13.3. The van der Waals surface area contributed by atoms with E-state index < -0.39 is 12.0 Å². The Labute approximate surface area is 94.3 Å². The molecule has 0 aromatic heterocycles. The van der Waals surface area contributed by atoms with Crippen LogP contribution < -0.4 is 5.32 Å². The minimum Gasteiger partial charge on any atom is -0.480 e. The van der Waals surface area contributed by atoms with Crippen molar-refractivity contribution >= 4 is 5.97 Å². The number of hydrogen-bond acceptors (Lipinski definition) is 2. The second-order valence-electron chi connectivity index (χ2n) is 4.03. The zero-order valence-electron chi connectivity index (χ0n) is 9.40. The summed E-state index contributed by atoms with van der Waals surface area (Å²) in [6.07, 6.45) is 0. The average Bonchev–Trinajstić information content (AvgIpc) is 2.20. The van der Waals surface area contributed by atoms with Crippen molar-refractivity contribution in [2.45, 2.75) is 26.4 Å². The van der Waals surface area contributed by atoms with Gasteiger partial charge in [0, 0.05) is 12.1 Å². The second-order valence-corrected chi connectivity index (χ2v) is 4.03. The van der Waals surface area contributed by atoms with E-state index in [2.05, 4.69) is 5.32 Å². The van der Waals surface area contributed by atoms with Crippen LogP contribution in [0.4, 0.5) is 4.39 Å². The Kier molecular flexibility index (Phi) is 4.43. The van der Waals surface area contributed by atoms with E-state index in [-0.39, 0.29) is 18.3 Å². The number of carboxylic acids is 1. The van der Waals surface area contributed by atoms with E-state index >= 15 is 0 Å². The summed E-state index contributed by atoms with van der Waals surface area (Å²) in [5.41, 5.74) is 0.481. The van der Waals surface area contributed by atoms with E-state index in [1.165, 1.54) is 6.07 Å². The summed E-state index contributed by atoms with van der Waals surface area (Å²) in [5.74, 6) is -1.27. The Morgan fingerprint density at radius 1 is 1.44 bits per heavy atom. The zero-order chi connectivity index (χ0) is 12.1.